The fourth-order valence-corrected chi connectivity index (χ4v) is 4.10. The highest BCUT2D eigenvalue weighted by molar-refractivity contribution is 14.0. The molecule has 2 saturated heterocycles. The number of rotatable bonds is 5. The molecule has 0 aromatic heterocycles. The van der Waals surface area contributed by atoms with Gasteiger partial charge in [0, 0.05) is 63.4 Å². The second-order valence-electron chi connectivity index (χ2n) is 7.74. The zero-order valence-electron chi connectivity index (χ0n) is 17.8. The fraction of sp³-hybridized carbons (Fsp3) is 0.650. The van der Waals surface area contributed by atoms with Gasteiger partial charge in [0.25, 0.3) is 0 Å². The Hall–Kier alpha value is -0.970. The highest BCUT2D eigenvalue weighted by Gasteiger charge is 2.26. The van der Waals surface area contributed by atoms with E-state index < -0.39 is 0 Å². The van der Waals surface area contributed by atoms with E-state index in [1.165, 1.54) is 0 Å². The lowest BCUT2D eigenvalue weighted by molar-refractivity contribution is 0.116. The van der Waals surface area contributed by atoms with Crippen LogP contribution in [0.15, 0.2) is 23.2 Å². The molecule has 29 heavy (non-hydrogen) atoms. The molecule has 164 valence electrons. The van der Waals surface area contributed by atoms with E-state index in [2.05, 4.69) is 44.4 Å². The molecule has 0 amide bonds. The Bertz CT molecular complexity index is 691. The molecule has 0 spiro atoms. The lowest BCUT2D eigenvalue weighted by atomic mass is 10.2. The molecule has 1 aromatic rings. The van der Waals surface area contributed by atoms with Crippen molar-refractivity contribution in [3.63, 3.8) is 0 Å². The van der Waals surface area contributed by atoms with Crippen LogP contribution in [0.4, 0.5) is 5.69 Å². The van der Waals surface area contributed by atoms with Crippen molar-refractivity contribution in [3.8, 4) is 5.75 Å². The van der Waals surface area contributed by atoms with Gasteiger partial charge >= 0.3 is 0 Å². The van der Waals surface area contributed by atoms with Gasteiger partial charge in [-0.05, 0) is 38.7 Å². The van der Waals surface area contributed by atoms with E-state index in [0.717, 1.165) is 68.1 Å². The number of ether oxygens (including phenoxy) is 1. The third-order valence-electron chi connectivity index (χ3n) is 5.72. The van der Waals surface area contributed by atoms with Gasteiger partial charge in [0.1, 0.15) is 5.75 Å². The largest absolute Gasteiger partial charge is 0.495 e. The number of benzene rings is 1. The van der Waals surface area contributed by atoms with Crippen LogP contribution in [-0.4, -0.2) is 95.4 Å². The molecular weight excluding hydrogens is 503 g/mol. The number of hydrogen-bond acceptors (Lipinski definition) is 5. The number of methoxy groups -OCH3 is 1. The summed E-state index contributed by atoms with van der Waals surface area (Å²) in [5.41, 5.74) is 1.05. The molecule has 2 aliphatic rings. The molecule has 0 bridgehead atoms. The van der Waals surface area contributed by atoms with Crippen molar-refractivity contribution in [3.05, 3.63) is 23.2 Å². The molecule has 3 rings (SSSR count). The zero-order chi connectivity index (χ0) is 20.1. The molecular formula is C20H34ClIN6O. The summed E-state index contributed by atoms with van der Waals surface area (Å²) in [6, 6.07) is 6.60. The Morgan fingerprint density at radius 1 is 1.24 bits per heavy atom. The maximum Gasteiger partial charge on any atom is 0.191 e. The molecule has 2 atom stereocenters. The molecule has 7 nitrogen and oxygen atoms in total. The predicted octanol–water partition coefficient (Wildman–Crippen LogP) is 1.96. The SMILES string of the molecule is CN=C(NCC1CN(C)CCN1C)NC1CCN(c2cc(Cl)ccc2OC)C1.I. The summed E-state index contributed by atoms with van der Waals surface area (Å²) in [4.78, 5) is 11.5. The van der Waals surface area contributed by atoms with E-state index in [1.807, 2.05) is 25.2 Å². The smallest absolute Gasteiger partial charge is 0.191 e. The van der Waals surface area contributed by atoms with E-state index in [9.17, 15) is 0 Å². The number of nitrogens with zero attached hydrogens (tertiary/aromatic N) is 4. The first-order valence-corrected chi connectivity index (χ1v) is 10.3. The van der Waals surface area contributed by atoms with Crippen molar-refractivity contribution in [2.24, 2.45) is 4.99 Å². The van der Waals surface area contributed by atoms with Crippen molar-refractivity contribution < 1.29 is 4.74 Å². The molecule has 1 aromatic carbocycles. The topological polar surface area (TPSA) is 55.4 Å². The van der Waals surface area contributed by atoms with Crippen LogP contribution in [-0.2, 0) is 0 Å². The number of likely N-dealkylation sites (N-methyl/N-ethyl adjacent to an activating group) is 2. The first kappa shape index (κ1) is 24.3. The number of guanidine groups is 1. The van der Waals surface area contributed by atoms with E-state index >= 15 is 0 Å². The Balaban J connectivity index is 0.00000300. The van der Waals surface area contributed by atoms with Crippen LogP contribution in [0.3, 0.4) is 0 Å². The quantitative estimate of drug-likeness (QED) is 0.341. The summed E-state index contributed by atoms with van der Waals surface area (Å²) in [5.74, 6) is 1.73. The van der Waals surface area contributed by atoms with Crippen LogP contribution in [0, 0.1) is 0 Å². The summed E-state index contributed by atoms with van der Waals surface area (Å²) in [6.45, 7) is 6.05. The van der Waals surface area contributed by atoms with Gasteiger partial charge in [-0.1, -0.05) is 11.6 Å². The number of anilines is 1. The van der Waals surface area contributed by atoms with Crippen molar-refractivity contribution in [2.75, 3.05) is 72.4 Å². The summed E-state index contributed by atoms with van der Waals surface area (Å²) in [7, 11) is 7.91. The molecule has 2 fully saturated rings. The van der Waals surface area contributed by atoms with E-state index in [-0.39, 0.29) is 24.0 Å². The zero-order valence-corrected chi connectivity index (χ0v) is 20.9. The van der Waals surface area contributed by atoms with E-state index in [4.69, 9.17) is 16.3 Å². The number of hydrogen-bond donors (Lipinski definition) is 2. The average molecular weight is 537 g/mol. The summed E-state index contributed by atoms with van der Waals surface area (Å²) >= 11 is 6.20. The van der Waals surface area contributed by atoms with Gasteiger partial charge in [0.2, 0.25) is 0 Å². The van der Waals surface area contributed by atoms with Crippen LogP contribution in [0.5, 0.6) is 5.75 Å². The number of halogens is 2. The third kappa shape index (κ3) is 6.50. The minimum Gasteiger partial charge on any atom is -0.495 e. The van der Waals surface area contributed by atoms with Crippen molar-refractivity contribution in [2.45, 2.75) is 18.5 Å². The second-order valence-corrected chi connectivity index (χ2v) is 8.18. The van der Waals surface area contributed by atoms with Gasteiger partial charge in [-0.2, -0.15) is 0 Å². The Morgan fingerprint density at radius 2 is 2.03 bits per heavy atom. The third-order valence-corrected chi connectivity index (χ3v) is 5.95. The summed E-state index contributed by atoms with van der Waals surface area (Å²) in [5, 5.41) is 7.81. The fourth-order valence-electron chi connectivity index (χ4n) is 3.93. The van der Waals surface area contributed by atoms with Crippen LogP contribution in [0.2, 0.25) is 5.02 Å². The van der Waals surface area contributed by atoms with Gasteiger partial charge in [0.15, 0.2) is 5.96 Å². The number of piperazine rings is 1. The molecule has 0 aliphatic carbocycles. The van der Waals surface area contributed by atoms with Gasteiger partial charge < -0.3 is 25.2 Å². The lowest BCUT2D eigenvalue weighted by Crippen LogP contribution is -2.56. The van der Waals surface area contributed by atoms with Gasteiger partial charge in [-0.3, -0.25) is 9.89 Å². The normalized spacial score (nSPS) is 23.6. The van der Waals surface area contributed by atoms with Gasteiger partial charge in [-0.15, -0.1) is 24.0 Å². The van der Waals surface area contributed by atoms with E-state index in [0.29, 0.717) is 12.1 Å². The monoisotopic (exact) mass is 536 g/mol. The minimum absolute atomic E-state index is 0. The number of aliphatic imine (C=N–C) groups is 1. The predicted molar refractivity (Wildman–Crippen MR) is 132 cm³/mol. The second kappa shape index (κ2) is 11.4. The standard InChI is InChI=1S/C20H33ClN6O.HI/c1-22-20(23-12-17-14-25(2)9-10-26(17)3)24-16-7-8-27(13-16)18-11-15(21)5-6-19(18)28-4;/h5-6,11,16-17H,7-10,12-14H2,1-4H3,(H2,22,23,24);1H. The maximum atomic E-state index is 6.20. The highest BCUT2D eigenvalue weighted by Crippen LogP contribution is 2.33. The Kier molecular flexibility index (Phi) is 9.58. The van der Waals surface area contributed by atoms with E-state index in [1.54, 1.807) is 7.11 Å². The first-order valence-electron chi connectivity index (χ1n) is 9.94. The molecule has 0 saturated carbocycles. The number of nitrogens with one attached hydrogen (secondary N) is 2. The maximum absolute atomic E-state index is 6.20. The van der Waals surface area contributed by atoms with Crippen molar-refractivity contribution in [1.29, 1.82) is 0 Å². The van der Waals surface area contributed by atoms with Crippen LogP contribution >= 0.6 is 35.6 Å². The van der Waals surface area contributed by atoms with Crippen LogP contribution in [0.1, 0.15) is 6.42 Å². The van der Waals surface area contributed by atoms with Crippen molar-refractivity contribution >= 4 is 47.2 Å². The van der Waals surface area contributed by atoms with Gasteiger partial charge in [-0.25, -0.2) is 0 Å². The average Bonchev–Trinajstić information content (AvgIpc) is 3.15. The van der Waals surface area contributed by atoms with Crippen molar-refractivity contribution in [1.82, 2.24) is 20.4 Å². The highest BCUT2D eigenvalue weighted by atomic mass is 127. The molecule has 2 unspecified atom stereocenters. The summed E-state index contributed by atoms with van der Waals surface area (Å²) in [6.07, 6.45) is 1.04. The molecule has 0 radical (unpaired) electrons. The van der Waals surface area contributed by atoms with Crippen LogP contribution < -0.4 is 20.3 Å². The minimum atomic E-state index is 0. The lowest BCUT2D eigenvalue weighted by Gasteiger charge is -2.38. The van der Waals surface area contributed by atoms with Gasteiger partial charge in [0.05, 0.1) is 12.8 Å². The van der Waals surface area contributed by atoms with Crippen LogP contribution in [0.25, 0.3) is 0 Å². The molecule has 2 heterocycles. The Labute approximate surface area is 196 Å². The summed E-state index contributed by atoms with van der Waals surface area (Å²) < 4.78 is 5.51. The molecule has 9 heteroatoms. The molecule has 2 N–H and O–H groups in total. The first-order chi connectivity index (χ1) is 13.5. The Morgan fingerprint density at radius 3 is 2.76 bits per heavy atom. The molecule has 2 aliphatic heterocycles.